The van der Waals surface area contributed by atoms with E-state index in [0.29, 0.717) is 11.1 Å². The Morgan fingerprint density at radius 2 is 1.28 bits per heavy atom. The zero-order chi connectivity index (χ0) is 58.2. The molecule has 12 aromatic rings. The Hall–Kier alpha value is -6.86. The predicted molar refractivity (Wildman–Crippen MR) is 336 cm³/mol. The molecule has 0 aliphatic heterocycles. The summed E-state index contributed by atoms with van der Waals surface area (Å²) < 4.78 is 52.2. The number of imidazole rings is 1. The zero-order valence-electron chi connectivity index (χ0n) is 50.9. The van der Waals surface area contributed by atoms with Crippen molar-refractivity contribution in [3.8, 4) is 39.5 Å². The predicted octanol–water partition coefficient (Wildman–Crippen LogP) is 20.1. The molecule has 3 heterocycles. The van der Waals surface area contributed by atoms with Crippen molar-refractivity contribution in [2.45, 2.75) is 106 Å². The normalized spacial score (nSPS) is 13.9. The summed E-state index contributed by atoms with van der Waals surface area (Å²) in [4.78, 5) is 10.2. The molecule has 0 N–H and O–H groups in total. The van der Waals surface area contributed by atoms with Crippen LogP contribution in [0.4, 0.5) is 4.39 Å². The number of fused-ring (bicyclic) bond motifs is 7. The van der Waals surface area contributed by atoms with Gasteiger partial charge in [0.25, 0.3) is 0 Å². The Balaban J connectivity index is 0.000000207. The largest absolute Gasteiger partial charge is 0.333 e. The first kappa shape index (κ1) is 50.4. The molecule has 0 saturated heterocycles. The van der Waals surface area contributed by atoms with Crippen molar-refractivity contribution >= 4 is 77.3 Å². The SMILES string of the molecule is Cc1c(C)c2cc3c(cc2c2ccccc12)nc(-c1[c-]cc(F)c2c1sc1ccccc12)n3-c1c(C(C)C)cc(-c2ccccc2)cc1C(C)C.[2H]C([2H])([2H])c1c[c-]c(-c2cc(C([2H])(C)C(C)c3ccccc3)c([Si](C)(C)C)cn2)cc1.[Ir]. The van der Waals surface area contributed by atoms with Gasteiger partial charge in [-0.1, -0.05) is 188 Å². The van der Waals surface area contributed by atoms with E-state index in [1.54, 1.807) is 23.5 Å². The average Bonchev–Trinajstić information content (AvgIpc) is 4.17. The van der Waals surface area contributed by atoms with Gasteiger partial charge in [-0.15, -0.1) is 47.5 Å². The van der Waals surface area contributed by atoms with Gasteiger partial charge < -0.3 is 9.55 Å². The summed E-state index contributed by atoms with van der Waals surface area (Å²) in [6.07, 6.45) is 1.92. The smallest absolute Gasteiger partial charge is 0.0799 e. The maximum atomic E-state index is 15.8. The molecule has 0 saturated carbocycles. The summed E-state index contributed by atoms with van der Waals surface area (Å²) in [5.74, 6) is 0.110. The first-order valence-corrected chi connectivity index (χ1v) is 31.5. The quantitative estimate of drug-likeness (QED) is 0.0776. The molecule has 79 heavy (non-hydrogen) atoms. The van der Waals surface area contributed by atoms with Crippen molar-refractivity contribution < 1.29 is 30.0 Å². The molecule has 0 aliphatic carbocycles. The Labute approximate surface area is 490 Å². The molecule has 9 aromatic carbocycles. The van der Waals surface area contributed by atoms with Gasteiger partial charge in [0.15, 0.2) is 0 Å². The Morgan fingerprint density at radius 3 is 1.92 bits per heavy atom. The van der Waals surface area contributed by atoms with E-state index in [0.717, 1.165) is 59.6 Å². The number of aromatic nitrogens is 3. The maximum absolute atomic E-state index is 15.8. The van der Waals surface area contributed by atoms with Gasteiger partial charge in [-0.2, -0.15) is 11.3 Å². The molecule has 2 atom stereocenters. The average molecular weight is 1250 g/mol. The van der Waals surface area contributed by atoms with Crippen molar-refractivity contribution in [3.63, 3.8) is 0 Å². The molecule has 399 valence electrons. The summed E-state index contributed by atoms with van der Waals surface area (Å²) in [6.45, 7) is 22.3. The molecular formula is C72H68FIrN3SSi-2. The molecule has 0 spiro atoms. The van der Waals surface area contributed by atoms with Crippen molar-refractivity contribution in [3.05, 3.63) is 227 Å². The van der Waals surface area contributed by atoms with Gasteiger partial charge in [0.05, 0.1) is 24.9 Å². The van der Waals surface area contributed by atoms with Gasteiger partial charge in [0.2, 0.25) is 0 Å². The van der Waals surface area contributed by atoms with Gasteiger partial charge in [0, 0.05) is 48.0 Å². The summed E-state index contributed by atoms with van der Waals surface area (Å²) in [6, 6.07) is 61.9. The summed E-state index contributed by atoms with van der Waals surface area (Å²) >= 11 is 1.62. The fourth-order valence-corrected chi connectivity index (χ4v) is 14.1. The number of hydrogen-bond acceptors (Lipinski definition) is 3. The number of nitrogens with zero attached hydrogens (tertiary/aromatic N) is 3. The number of hydrogen-bond donors (Lipinski definition) is 0. The summed E-state index contributed by atoms with van der Waals surface area (Å²) in [5, 5.41) is 7.65. The van der Waals surface area contributed by atoms with E-state index < -0.39 is 20.8 Å². The van der Waals surface area contributed by atoms with Crippen LogP contribution in [0.2, 0.25) is 19.6 Å². The first-order valence-electron chi connectivity index (χ1n) is 29.2. The summed E-state index contributed by atoms with van der Waals surface area (Å²) in [5.41, 5.74) is 15.2. The third kappa shape index (κ3) is 10.4. The molecule has 3 aromatic heterocycles. The van der Waals surface area contributed by atoms with Crippen LogP contribution in [0.3, 0.4) is 0 Å². The van der Waals surface area contributed by atoms with Crippen LogP contribution >= 0.6 is 11.3 Å². The number of aryl methyl sites for hydroxylation is 3. The van der Waals surface area contributed by atoms with Crippen LogP contribution in [0.5, 0.6) is 0 Å². The number of thiophene rings is 1. The van der Waals surface area contributed by atoms with Crippen LogP contribution < -0.4 is 5.19 Å². The zero-order valence-corrected chi connectivity index (χ0v) is 51.1. The second-order valence-corrected chi connectivity index (χ2v) is 28.7. The third-order valence-electron chi connectivity index (χ3n) is 15.9. The van der Waals surface area contributed by atoms with E-state index in [9.17, 15) is 1.37 Å². The van der Waals surface area contributed by atoms with Crippen molar-refractivity contribution in [1.82, 2.24) is 14.5 Å². The number of benzene rings is 9. The van der Waals surface area contributed by atoms with E-state index in [1.807, 2.05) is 55.6 Å². The fourth-order valence-electron chi connectivity index (χ4n) is 11.3. The van der Waals surface area contributed by atoms with Crippen LogP contribution in [-0.4, -0.2) is 22.6 Å². The molecule has 0 bridgehead atoms. The number of halogens is 1. The molecule has 1 radical (unpaired) electrons. The van der Waals surface area contributed by atoms with Gasteiger partial charge in [-0.25, -0.2) is 0 Å². The second kappa shape index (κ2) is 22.3. The van der Waals surface area contributed by atoms with Gasteiger partial charge in [0.1, 0.15) is 0 Å². The molecule has 12 rings (SSSR count). The third-order valence-corrected chi connectivity index (χ3v) is 19.1. The minimum absolute atomic E-state index is 0. The number of rotatable bonds is 10. The second-order valence-electron chi connectivity index (χ2n) is 22.6. The standard InChI is InChI=1S/C47H38FN2S.C25H30NSi.Ir/c1-26(2)36-22-31(30-14-8-7-9-15-30)23-37(27(3)4)45(36)50-42-25-38-29(6)28(5)32-16-10-11-17-33(32)39(38)24-41(42)49-47(50)35-20-21-40(48)44-34-18-12-13-19-43(34)51-46(35)44;1-18-12-14-22(15-13-18)24-16-23(25(17-26-24)27(4,5)6)20(3)19(2)21-10-8-7-9-11-21;/h7-19,21-27H,1-6H3;7-14,16-17,19-20H,1-6H3;/q2*-1;/i;1D3,20D;. The molecule has 3 nitrogen and oxygen atoms in total. The Morgan fingerprint density at radius 1 is 0.646 bits per heavy atom. The van der Waals surface area contributed by atoms with Crippen LogP contribution in [0, 0.1) is 38.6 Å². The minimum Gasteiger partial charge on any atom is -0.333 e. The van der Waals surface area contributed by atoms with Gasteiger partial charge in [-0.3, -0.25) is 9.37 Å². The molecular weight excluding hydrogens is 1180 g/mol. The number of pyridine rings is 1. The maximum Gasteiger partial charge on any atom is 0.0799 e. The van der Waals surface area contributed by atoms with Crippen LogP contribution in [0.15, 0.2) is 170 Å². The molecule has 0 aliphatic rings. The fraction of sp³-hybridized carbons (Fsp3) is 0.222. The molecule has 0 fully saturated rings. The Kier molecular flexibility index (Phi) is 14.2. The monoisotopic (exact) mass is 1250 g/mol. The molecule has 2 unspecified atom stereocenters. The van der Waals surface area contributed by atoms with Gasteiger partial charge in [-0.05, 0) is 155 Å². The molecule has 0 amide bonds. The van der Waals surface area contributed by atoms with E-state index >= 15 is 4.39 Å². The topological polar surface area (TPSA) is 30.7 Å². The van der Waals surface area contributed by atoms with Crippen LogP contribution in [0.1, 0.15) is 110 Å². The van der Waals surface area contributed by atoms with E-state index in [4.69, 9.17) is 14.1 Å². The first-order chi connectivity index (χ1) is 39.0. The van der Waals surface area contributed by atoms with Crippen molar-refractivity contribution in [2.75, 3.05) is 0 Å². The molecule has 7 heteroatoms. The van der Waals surface area contributed by atoms with Crippen LogP contribution in [-0.2, 0) is 20.1 Å². The van der Waals surface area contributed by atoms with E-state index in [2.05, 4.69) is 182 Å². The Bertz CT molecular complexity index is 4360. The van der Waals surface area contributed by atoms with E-state index in [1.165, 1.54) is 72.2 Å². The summed E-state index contributed by atoms with van der Waals surface area (Å²) in [7, 11) is -1.76. The van der Waals surface area contributed by atoms with Crippen molar-refractivity contribution in [2.24, 2.45) is 0 Å². The van der Waals surface area contributed by atoms with Crippen LogP contribution in [0.25, 0.3) is 92.2 Å². The van der Waals surface area contributed by atoms with E-state index in [-0.39, 0.29) is 49.2 Å². The minimum atomic E-state index is -2.15. The van der Waals surface area contributed by atoms with Gasteiger partial charge >= 0.3 is 0 Å². The van der Waals surface area contributed by atoms with Crippen molar-refractivity contribution in [1.29, 1.82) is 0 Å².